The second-order valence-electron chi connectivity index (χ2n) is 3.17. The summed E-state index contributed by atoms with van der Waals surface area (Å²) < 4.78 is 6.48. The fraction of sp³-hybridized carbons (Fsp3) is 1.00. The van der Waals surface area contributed by atoms with Crippen LogP contribution in [0.1, 0.15) is 33.1 Å². The van der Waals surface area contributed by atoms with Crippen molar-refractivity contribution in [2.24, 2.45) is 0 Å². The second kappa shape index (κ2) is 3.90. The maximum Gasteiger partial charge on any atom is 0.0696 e. The predicted molar refractivity (Wildman–Crippen MR) is 51.7 cm³/mol. The van der Waals surface area contributed by atoms with Crippen molar-refractivity contribution in [2.75, 3.05) is 0 Å². The van der Waals surface area contributed by atoms with Crippen LogP contribution in [0, 0.1) is 0 Å². The van der Waals surface area contributed by atoms with Crippen molar-refractivity contribution in [3.63, 3.8) is 0 Å². The monoisotopic (exact) mass is 254 g/mol. The molecule has 1 fully saturated rings. The summed E-state index contributed by atoms with van der Waals surface area (Å²) in [7, 11) is 0. The van der Waals surface area contributed by atoms with E-state index in [4.69, 9.17) is 4.74 Å². The number of ether oxygens (including phenoxy) is 1. The molecule has 1 aliphatic rings. The number of hydrogen-bond acceptors (Lipinski definition) is 1. The number of hydrogen-bond donors (Lipinski definition) is 0. The number of halogens is 1. The maximum atomic E-state index is 5.72. The van der Waals surface area contributed by atoms with Crippen LogP contribution in [-0.4, -0.2) is 16.1 Å². The van der Waals surface area contributed by atoms with Crippen molar-refractivity contribution >= 4 is 22.6 Å². The first-order chi connectivity index (χ1) is 4.70. The summed E-state index contributed by atoms with van der Waals surface area (Å²) >= 11 is 2.50. The van der Waals surface area contributed by atoms with Gasteiger partial charge in [0.05, 0.1) is 12.2 Å². The zero-order valence-corrected chi connectivity index (χ0v) is 8.80. The number of alkyl halides is 1. The Bertz CT molecular complexity index is 103. The van der Waals surface area contributed by atoms with Crippen LogP contribution in [0.25, 0.3) is 0 Å². The predicted octanol–water partition coefficient (Wildman–Crippen LogP) is 2.77. The lowest BCUT2D eigenvalue weighted by atomic mass is 10.3. The van der Waals surface area contributed by atoms with E-state index in [9.17, 15) is 0 Å². The fourth-order valence-corrected chi connectivity index (χ4v) is 2.35. The van der Waals surface area contributed by atoms with Crippen LogP contribution >= 0.6 is 22.6 Å². The summed E-state index contributed by atoms with van der Waals surface area (Å²) in [5.74, 6) is 0. The topological polar surface area (TPSA) is 9.23 Å². The lowest BCUT2D eigenvalue weighted by molar-refractivity contribution is 0.0176. The van der Waals surface area contributed by atoms with Gasteiger partial charge in [-0.25, -0.2) is 0 Å². The molecule has 0 aromatic carbocycles. The summed E-state index contributed by atoms with van der Waals surface area (Å²) in [6, 6.07) is 0. The third-order valence-electron chi connectivity index (χ3n) is 1.82. The first-order valence-electron chi connectivity index (χ1n) is 3.99. The van der Waals surface area contributed by atoms with E-state index in [1.165, 1.54) is 19.3 Å². The molecular weight excluding hydrogens is 239 g/mol. The van der Waals surface area contributed by atoms with E-state index >= 15 is 0 Å². The molecule has 1 aliphatic carbocycles. The molecule has 0 radical (unpaired) electrons. The Morgan fingerprint density at radius 2 is 2.10 bits per heavy atom. The van der Waals surface area contributed by atoms with Gasteiger partial charge in [-0.15, -0.1) is 0 Å². The zero-order valence-electron chi connectivity index (χ0n) is 6.64. The highest BCUT2D eigenvalue weighted by Gasteiger charge is 2.25. The molecule has 0 heterocycles. The molecule has 0 N–H and O–H groups in total. The quantitative estimate of drug-likeness (QED) is 0.544. The Balaban J connectivity index is 2.26. The van der Waals surface area contributed by atoms with Crippen molar-refractivity contribution in [3.8, 4) is 0 Å². The summed E-state index contributed by atoms with van der Waals surface area (Å²) in [5.41, 5.74) is 0. The lowest BCUT2D eigenvalue weighted by Crippen LogP contribution is -2.21. The Labute approximate surface area is 76.7 Å². The molecule has 0 aliphatic heterocycles. The molecule has 1 saturated carbocycles. The molecule has 1 rings (SSSR count). The van der Waals surface area contributed by atoms with Gasteiger partial charge >= 0.3 is 0 Å². The van der Waals surface area contributed by atoms with Crippen molar-refractivity contribution in [2.45, 2.75) is 49.2 Å². The first kappa shape index (κ1) is 8.78. The highest BCUT2D eigenvalue weighted by atomic mass is 127. The van der Waals surface area contributed by atoms with Crippen LogP contribution in [0.3, 0.4) is 0 Å². The van der Waals surface area contributed by atoms with Crippen LogP contribution in [0.5, 0.6) is 0 Å². The van der Waals surface area contributed by atoms with Gasteiger partial charge in [0.15, 0.2) is 0 Å². The van der Waals surface area contributed by atoms with Gasteiger partial charge in [-0.2, -0.15) is 0 Å². The van der Waals surface area contributed by atoms with Gasteiger partial charge in [0.1, 0.15) is 0 Å². The summed E-state index contributed by atoms with van der Waals surface area (Å²) in [5, 5.41) is 0. The molecule has 0 amide bonds. The van der Waals surface area contributed by atoms with Crippen LogP contribution in [0.2, 0.25) is 0 Å². The second-order valence-corrected chi connectivity index (χ2v) is 4.77. The van der Waals surface area contributed by atoms with Crippen molar-refractivity contribution in [3.05, 3.63) is 0 Å². The van der Waals surface area contributed by atoms with Gasteiger partial charge in [-0.3, -0.25) is 0 Å². The molecule has 2 heteroatoms. The van der Waals surface area contributed by atoms with E-state index in [0.717, 1.165) is 3.92 Å². The molecule has 0 aromatic rings. The zero-order chi connectivity index (χ0) is 7.56. The molecule has 60 valence electrons. The molecule has 0 spiro atoms. The molecule has 2 unspecified atom stereocenters. The molecule has 2 atom stereocenters. The summed E-state index contributed by atoms with van der Waals surface area (Å²) in [6.07, 6.45) is 4.91. The van der Waals surface area contributed by atoms with Crippen LogP contribution < -0.4 is 0 Å². The highest BCUT2D eigenvalue weighted by molar-refractivity contribution is 14.1. The average molecular weight is 254 g/mol. The Morgan fingerprint density at radius 1 is 1.40 bits per heavy atom. The van der Waals surface area contributed by atoms with Gasteiger partial charge in [0.2, 0.25) is 0 Å². The number of rotatable bonds is 2. The summed E-state index contributed by atoms with van der Waals surface area (Å²) in [4.78, 5) is 0. The van der Waals surface area contributed by atoms with Gasteiger partial charge in [-0.1, -0.05) is 22.6 Å². The van der Waals surface area contributed by atoms with Crippen molar-refractivity contribution in [1.29, 1.82) is 0 Å². The van der Waals surface area contributed by atoms with Crippen molar-refractivity contribution in [1.82, 2.24) is 0 Å². The average Bonchev–Trinajstić information content (AvgIpc) is 2.15. The third kappa shape index (κ3) is 2.38. The molecule has 0 saturated heterocycles. The minimum Gasteiger partial charge on any atom is -0.374 e. The Hall–Kier alpha value is 0.690. The Morgan fingerprint density at radius 3 is 2.50 bits per heavy atom. The van der Waals surface area contributed by atoms with E-state index in [2.05, 4.69) is 36.4 Å². The van der Waals surface area contributed by atoms with Gasteiger partial charge in [0.25, 0.3) is 0 Å². The van der Waals surface area contributed by atoms with Crippen LogP contribution in [0.4, 0.5) is 0 Å². The minimum atomic E-state index is 0.403. The third-order valence-corrected chi connectivity index (χ3v) is 3.24. The van der Waals surface area contributed by atoms with E-state index < -0.39 is 0 Å². The van der Waals surface area contributed by atoms with Gasteiger partial charge in [-0.05, 0) is 33.1 Å². The first-order valence-corrected chi connectivity index (χ1v) is 5.24. The molecule has 0 aromatic heterocycles. The van der Waals surface area contributed by atoms with E-state index in [-0.39, 0.29) is 0 Å². The minimum absolute atomic E-state index is 0.403. The highest BCUT2D eigenvalue weighted by Crippen LogP contribution is 2.29. The van der Waals surface area contributed by atoms with E-state index in [1.54, 1.807) is 0 Å². The summed E-state index contributed by atoms with van der Waals surface area (Å²) in [6.45, 7) is 4.23. The SMILES string of the molecule is CC(C)OC1CCCC1I. The largest absolute Gasteiger partial charge is 0.374 e. The smallest absolute Gasteiger partial charge is 0.0696 e. The van der Waals surface area contributed by atoms with E-state index in [1.807, 2.05) is 0 Å². The molecule has 1 nitrogen and oxygen atoms in total. The van der Waals surface area contributed by atoms with Crippen LogP contribution in [-0.2, 0) is 4.74 Å². The van der Waals surface area contributed by atoms with Gasteiger partial charge in [0, 0.05) is 3.92 Å². The molecular formula is C8H15IO. The fourth-order valence-electron chi connectivity index (χ4n) is 1.38. The molecule has 10 heavy (non-hydrogen) atoms. The normalized spacial score (nSPS) is 33.6. The maximum absolute atomic E-state index is 5.72. The van der Waals surface area contributed by atoms with Gasteiger partial charge < -0.3 is 4.74 Å². The van der Waals surface area contributed by atoms with E-state index in [0.29, 0.717) is 12.2 Å². The Kier molecular flexibility index (Phi) is 3.43. The molecule has 0 bridgehead atoms. The van der Waals surface area contributed by atoms with Crippen molar-refractivity contribution < 1.29 is 4.74 Å². The standard InChI is InChI=1S/C8H15IO/c1-6(2)10-8-5-3-4-7(8)9/h6-8H,3-5H2,1-2H3. The lowest BCUT2D eigenvalue weighted by Gasteiger charge is -2.17. The van der Waals surface area contributed by atoms with Crippen LogP contribution in [0.15, 0.2) is 0 Å².